The number of hydrogen-bond acceptors (Lipinski definition) is 2. The van der Waals surface area contributed by atoms with Gasteiger partial charge in [0.15, 0.2) is 5.11 Å². The maximum atomic E-state index is 12.9. The van der Waals surface area contributed by atoms with Crippen LogP contribution in [0.2, 0.25) is 0 Å². The van der Waals surface area contributed by atoms with Crippen LogP contribution in [-0.2, 0) is 0 Å². The van der Waals surface area contributed by atoms with Gasteiger partial charge in [-0.05, 0) is 36.8 Å². The Kier molecular flexibility index (Phi) is 4.84. The number of carbonyl (C=O) groups is 1. The highest BCUT2D eigenvalue weighted by Crippen LogP contribution is 2.03. The third-order valence-electron chi connectivity index (χ3n) is 2.04. The number of thiocarbonyl (C=S) groups is 1. The van der Waals surface area contributed by atoms with Crippen molar-refractivity contribution in [2.24, 2.45) is 5.73 Å². The van der Waals surface area contributed by atoms with Crippen LogP contribution in [0.3, 0.4) is 0 Å². The molecule has 92 valence electrons. The van der Waals surface area contributed by atoms with Crippen LogP contribution in [0.1, 0.15) is 23.7 Å². The zero-order valence-corrected chi connectivity index (χ0v) is 10.3. The number of amides is 1. The van der Waals surface area contributed by atoms with Crippen molar-refractivity contribution in [3.8, 4) is 0 Å². The molecule has 0 fully saturated rings. The first-order valence-electron chi connectivity index (χ1n) is 5.18. The van der Waals surface area contributed by atoms with E-state index in [2.05, 4.69) is 5.43 Å². The summed E-state index contributed by atoms with van der Waals surface area (Å²) in [4.78, 5) is 11.8. The lowest BCUT2D eigenvalue weighted by Crippen LogP contribution is -2.49. The molecule has 3 N–H and O–H groups in total. The van der Waals surface area contributed by atoms with Gasteiger partial charge in [0.2, 0.25) is 0 Å². The molecule has 1 aromatic rings. The molecule has 0 radical (unpaired) electrons. The lowest BCUT2D eigenvalue weighted by atomic mass is 10.2. The van der Waals surface area contributed by atoms with Gasteiger partial charge in [0, 0.05) is 12.1 Å². The molecule has 6 heteroatoms. The van der Waals surface area contributed by atoms with E-state index >= 15 is 0 Å². The van der Waals surface area contributed by atoms with Crippen molar-refractivity contribution in [1.29, 1.82) is 0 Å². The van der Waals surface area contributed by atoms with E-state index in [9.17, 15) is 9.18 Å². The molecule has 0 unspecified atom stereocenters. The van der Waals surface area contributed by atoms with Gasteiger partial charge in [-0.3, -0.25) is 15.2 Å². The predicted octanol–water partition coefficient (Wildman–Crippen LogP) is 1.43. The smallest absolute Gasteiger partial charge is 0.269 e. The highest BCUT2D eigenvalue weighted by molar-refractivity contribution is 7.80. The van der Waals surface area contributed by atoms with Gasteiger partial charge in [-0.15, -0.1) is 0 Å². The SMILES string of the molecule is CCCN(NC(=O)c1cccc(F)c1)C(N)=S. The second kappa shape index (κ2) is 6.15. The molecule has 0 aliphatic carbocycles. The van der Waals surface area contributed by atoms with Crippen LogP contribution in [0.5, 0.6) is 0 Å². The largest absolute Gasteiger partial charge is 0.375 e. The molecular formula is C11H14FN3OS. The summed E-state index contributed by atoms with van der Waals surface area (Å²) >= 11 is 4.79. The first kappa shape index (κ1) is 13.4. The minimum absolute atomic E-state index is 0.0802. The van der Waals surface area contributed by atoms with E-state index in [4.69, 9.17) is 18.0 Å². The molecule has 0 saturated heterocycles. The van der Waals surface area contributed by atoms with Gasteiger partial charge in [0.1, 0.15) is 5.82 Å². The van der Waals surface area contributed by atoms with Gasteiger partial charge in [-0.2, -0.15) is 0 Å². The monoisotopic (exact) mass is 255 g/mol. The molecule has 0 aliphatic rings. The zero-order chi connectivity index (χ0) is 12.8. The van der Waals surface area contributed by atoms with Gasteiger partial charge in [0.25, 0.3) is 5.91 Å². The van der Waals surface area contributed by atoms with E-state index in [1.165, 1.54) is 23.2 Å². The second-order valence-corrected chi connectivity index (χ2v) is 3.86. The molecule has 0 saturated carbocycles. The molecule has 0 atom stereocenters. The Morgan fingerprint density at radius 3 is 2.82 bits per heavy atom. The number of nitrogens with two attached hydrogens (primary N) is 1. The Bertz CT molecular complexity index is 425. The number of halogens is 1. The van der Waals surface area contributed by atoms with E-state index in [0.29, 0.717) is 6.54 Å². The van der Waals surface area contributed by atoms with Crippen molar-refractivity contribution < 1.29 is 9.18 Å². The molecule has 0 aromatic heterocycles. The van der Waals surface area contributed by atoms with Crippen LogP contribution < -0.4 is 11.2 Å². The minimum Gasteiger partial charge on any atom is -0.375 e. The predicted molar refractivity (Wildman–Crippen MR) is 67.6 cm³/mol. The van der Waals surface area contributed by atoms with Gasteiger partial charge in [0.05, 0.1) is 0 Å². The van der Waals surface area contributed by atoms with Crippen LogP contribution in [0.15, 0.2) is 24.3 Å². The normalized spacial score (nSPS) is 9.76. The van der Waals surface area contributed by atoms with Crippen LogP contribution >= 0.6 is 12.2 Å². The third-order valence-corrected chi connectivity index (χ3v) is 2.26. The summed E-state index contributed by atoms with van der Waals surface area (Å²) in [7, 11) is 0. The summed E-state index contributed by atoms with van der Waals surface area (Å²) in [5.74, 6) is -0.902. The zero-order valence-electron chi connectivity index (χ0n) is 9.44. The van der Waals surface area contributed by atoms with Gasteiger partial charge >= 0.3 is 0 Å². The van der Waals surface area contributed by atoms with Gasteiger partial charge in [-0.1, -0.05) is 13.0 Å². The van der Waals surface area contributed by atoms with Crippen LogP contribution in [0, 0.1) is 5.82 Å². The van der Waals surface area contributed by atoms with Crippen LogP contribution in [0.4, 0.5) is 4.39 Å². The van der Waals surface area contributed by atoms with E-state index in [1.54, 1.807) is 0 Å². The standard InChI is InChI=1S/C11H14FN3OS/c1-2-6-15(11(13)17)14-10(16)8-4-3-5-9(12)7-8/h3-5,7H,2,6H2,1H3,(H2,13,17)(H,14,16). The van der Waals surface area contributed by atoms with Crippen molar-refractivity contribution in [3.05, 3.63) is 35.6 Å². The molecule has 1 aromatic carbocycles. The number of nitrogens with zero attached hydrogens (tertiary/aromatic N) is 1. The Balaban J connectivity index is 2.73. The molecule has 0 aliphatic heterocycles. The number of hydrogen-bond donors (Lipinski definition) is 2. The van der Waals surface area contributed by atoms with Crippen molar-refractivity contribution in [1.82, 2.24) is 10.4 Å². The summed E-state index contributed by atoms with van der Waals surface area (Å²) in [5, 5.41) is 1.44. The molecule has 0 bridgehead atoms. The van der Waals surface area contributed by atoms with Gasteiger partial charge < -0.3 is 5.73 Å². The van der Waals surface area contributed by atoms with Crippen molar-refractivity contribution in [3.63, 3.8) is 0 Å². The molecular weight excluding hydrogens is 241 g/mol. The average Bonchev–Trinajstić information content (AvgIpc) is 2.28. The highest BCUT2D eigenvalue weighted by atomic mass is 32.1. The fourth-order valence-corrected chi connectivity index (χ4v) is 1.40. The Hall–Kier alpha value is -1.69. The lowest BCUT2D eigenvalue weighted by Gasteiger charge is -2.22. The first-order valence-corrected chi connectivity index (χ1v) is 5.59. The average molecular weight is 255 g/mol. The number of nitrogens with one attached hydrogen (secondary N) is 1. The number of benzene rings is 1. The van der Waals surface area contributed by atoms with Crippen LogP contribution in [0.25, 0.3) is 0 Å². The van der Waals surface area contributed by atoms with Crippen molar-refractivity contribution in [2.45, 2.75) is 13.3 Å². The number of hydrazine groups is 1. The topological polar surface area (TPSA) is 58.4 Å². The number of rotatable bonds is 3. The molecule has 0 spiro atoms. The van der Waals surface area contributed by atoms with Crippen molar-refractivity contribution in [2.75, 3.05) is 6.54 Å². The van der Waals surface area contributed by atoms with E-state index in [0.717, 1.165) is 12.5 Å². The Morgan fingerprint density at radius 2 is 2.29 bits per heavy atom. The minimum atomic E-state index is -0.463. The first-order chi connectivity index (χ1) is 8.04. The highest BCUT2D eigenvalue weighted by Gasteiger charge is 2.11. The fourth-order valence-electron chi connectivity index (χ4n) is 1.26. The fraction of sp³-hybridized carbons (Fsp3) is 0.273. The summed E-state index contributed by atoms with van der Waals surface area (Å²) in [6.45, 7) is 2.44. The molecule has 17 heavy (non-hydrogen) atoms. The summed E-state index contributed by atoms with van der Waals surface area (Å²) in [6.07, 6.45) is 0.779. The maximum Gasteiger partial charge on any atom is 0.269 e. The molecule has 0 heterocycles. The maximum absolute atomic E-state index is 12.9. The second-order valence-electron chi connectivity index (χ2n) is 3.44. The molecule has 4 nitrogen and oxygen atoms in total. The molecule has 1 amide bonds. The van der Waals surface area contributed by atoms with E-state index in [1.807, 2.05) is 6.92 Å². The third kappa shape index (κ3) is 3.99. The lowest BCUT2D eigenvalue weighted by molar-refractivity contribution is 0.0870. The quantitative estimate of drug-likeness (QED) is 0.633. The summed E-state index contributed by atoms with van der Waals surface area (Å²) in [6, 6.07) is 5.41. The van der Waals surface area contributed by atoms with E-state index < -0.39 is 11.7 Å². The number of carbonyl (C=O) groups excluding carboxylic acids is 1. The van der Waals surface area contributed by atoms with Crippen LogP contribution in [-0.4, -0.2) is 22.6 Å². The van der Waals surface area contributed by atoms with Crippen molar-refractivity contribution >= 4 is 23.2 Å². The van der Waals surface area contributed by atoms with E-state index in [-0.39, 0.29) is 10.7 Å². The van der Waals surface area contributed by atoms with Gasteiger partial charge in [-0.25, -0.2) is 4.39 Å². The summed E-state index contributed by atoms with van der Waals surface area (Å²) in [5.41, 5.74) is 8.19. The molecule has 1 rings (SSSR count). The Labute approximate surface area is 105 Å². The summed E-state index contributed by atoms with van der Waals surface area (Å²) < 4.78 is 12.9. The Morgan fingerprint density at radius 1 is 1.59 bits per heavy atom.